The maximum Gasteiger partial charge on any atom is 0.133 e. The highest BCUT2D eigenvalue weighted by Crippen LogP contribution is 2.51. The lowest BCUT2D eigenvalue weighted by Gasteiger charge is -2.51. The average molecular weight is 238 g/mol. The molecule has 0 aliphatic heterocycles. The molecule has 0 saturated heterocycles. The molecule has 2 rings (SSSR count). The van der Waals surface area contributed by atoms with Gasteiger partial charge in [-0.1, -0.05) is 13.3 Å². The summed E-state index contributed by atoms with van der Waals surface area (Å²) in [5.74, 6) is 1.02. The molecule has 2 saturated carbocycles. The number of carbonyl (C=O) groups is 1. The summed E-state index contributed by atoms with van der Waals surface area (Å²) in [4.78, 5) is 11.6. The van der Waals surface area contributed by atoms with Crippen molar-refractivity contribution in [2.45, 2.75) is 77.9 Å². The Morgan fingerprint density at radius 2 is 2.00 bits per heavy atom. The molecule has 0 unspecified atom stereocenters. The van der Waals surface area contributed by atoms with E-state index in [1.807, 2.05) is 0 Å². The van der Waals surface area contributed by atoms with Crippen LogP contribution in [0.1, 0.15) is 66.2 Å². The molecular weight excluding hydrogens is 212 g/mol. The number of fused-ring (bicyclic) bond motifs is 1. The van der Waals surface area contributed by atoms with Gasteiger partial charge in [-0.25, -0.2) is 0 Å². The molecule has 17 heavy (non-hydrogen) atoms. The van der Waals surface area contributed by atoms with E-state index in [2.05, 4.69) is 27.7 Å². The molecule has 0 aromatic carbocycles. The quantitative estimate of drug-likeness (QED) is 0.696. The minimum absolute atomic E-state index is 0.0724. The zero-order valence-corrected chi connectivity index (χ0v) is 11.7. The average Bonchev–Trinajstić information content (AvgIpc) is 2.19. The third-order valence-corrected chi connectivity index (χ3v) is 4.60. The van der Waals surface area contributed by atoms with Crippen LogP contribution in [0.15, 0.2) is 0 Å². The van der Waals surface area contributed by atoms with Crippen molar-refractivity contribution in [3.05, 3.63) is 0 Å². The van der Waals surface area contributed by atoms with Crippen molar-refractivity contribution < 1.29 is 9.53 Å². The van der Waals surface area contributed by atoms with Crippen molar-refractivity contribution in [2.24, 2.45) is 11.3 Å². The monoisotopic (exact) mass is 238 g/mol. The lowest BCUT2D eigenvalue weighted by Crippen LogP contribution is -2.49. The van der Waals surface area contributed by atoms with Gasteiger partial charge in [0.05, 0.1) is 11.7 Å². The molecule has 2 aliphatic rings. The smallest absolute Gasteiger partial charge is 0.133 e. The Kier molecular flexibility index (Phi) is 3.37. The molecule has 0 bridgehead atoms. The Balaban J connectivity index is 2.14. The first kappa shape index (κ1) is 13.1. The van der Waals surface area contributed by atoms with Crippen LogP contribution in [-0.2, 0) is 9.53 Å². The van der Waals surface area contributed by atoms with Crippen molar-refractivity contribution in [3.63, 3.8) is 0 Å². The Morgan fingerprint density at radius 3 is 2.65 bits per heavy atom. The third kappa shape index (κ3) is 2.73. The molecule has 98 valence electrons. The molecular formula is C15H26O2. The Hall–Kier alpha value is -0.370. The zero-order chi connectivity index (χ0) is 12.7. The van der Waals surface area contributed by atoms with E-state index in [4.69, 9.17) is 4.74 Å². The van der Waals surface area contributed by atoms with Gasteiger partial charge >= 0.3 is 0 Å². The van der Waals surface area contributed by atoms with Crippen LogP contribution in [0, 0.1) is 11.3 Å². The van der Waals surface area contributed by atoms with Gasteiger partial charge in [0.2, 0.25) is 0 Å². The third-order valence-electron chi connectivity index (χ3n) is 4.60. The van der Waals surface area contributed by atoms with E-state index in [9.17, 15) is 4.79 Å². The maximum atomic E-state index is 11.6. The van der Waals surface area contributed by atoms with E-state index in [1.165, 1.54) is 19.3 Å². The van der Waals surface area contributed by atoms with E-state index in [-0.39, 0.29) is 11.0 Å². The van der Waals surface area contributed by atoms with Crippen molar-refractivity contribution in [2.75, 3.05) is 0 Å². The number of Topliss-reactive ketones (excluding diaryl/α,β-unsaturated/α-hetero) is 1. The normalized spacial score (nSPS) is 38.9. The maximum absolute atomic E-state index is 11.6. The first-order valence-electron chi connectivity index (χ1n) is 7.01. The summed E-state index contributed by atoms with van der Waals surface area (Å²) in [5.41, 5.74) is 0.163. The van der Waals surface area contributed by atoms with Crippen LogP contribution in [0.25, 0.3) is 0 Å². The Labute approximate surface area is 105 Å². The Bertz CT molecular complexity index is 303. The van der Waals surface area contributed by atoms with Crippen LogP contribution in [0.3, 0.4) is 0 Å². The van der Waals surface area contributed by atoms with Gasteiger partial charge < -0.3 is 4.74 Å². The largest absolute Gasteiger partial charge is 0.372 e. The molecule has 2 nitrogen and oxygen atoms in total. The van der Waals surface area contributed by atoms with E-state index in [0.717, 1.165) is 19.3 Å². The highest BCUT2D eigenvalue weighted by atomic mass is 16.5. The predicted molar refractivity (Wildman–Crippen MR) is 68.9 cm³/mol. The number of carbonyl (C=O) groups excluding carboxylic acids is 1. The van der Waals surface area contributed by atoms with Crippen molar-refractivity contribution in [1.82, 2.24) is 0 Å². The minimum Gasteiger partial charge on any atom is -0.372 e. The van der Waals surface area contributed by atoms with E-state index < -0.39 is 0 Å². The number of rotatable bonds is 1. The second-order valence-electron chi connectivity index (χ2n) is 7.10. The molecule has 0 amide bonds. The van der Waals surface area contributed by atoms with Gasteiger partial charge in [0, 0.05) is 12.8 Å². The van der Waals surface area contributed by atoms with Gasteiger partial charge in [0.25, 0.3) is 0 Å². The summed E-state index contributed by atoms with van der Waals surface area (Å²) in [6, 6.07) is 0. The van der Waals surface area contributed by atoms with Gasteiger partial charge in [0.15, 0.2) is 0 Å². The first-order chi connectivity index (χ1) is 7.81. The standard InChI is InChI=1S/C15H26O2/c1-14(2,3)17-13-7-5-6-11-10-12(16)8-9-15(11,13)4/h11,13H,5-10H2,1-4H3/t11-,13-,15-/m0/s1. The molecule has 0 spiro atoms. The molecule has 2 heteroatoms. The fourth-order valence-corrected chi connectivity index (χ4v) is 3.58. The molecule has 0 aromatic heterocycles. The van der Waals surface area contributed by atoms with Crippen LogP contribution in [-0.4, -0.2) is 17.5 Å². The predicted octanol–water partition coefficient (Wildman–Crippen LogP) is 3.73. The summed E-state index contributed by atoms with van der Waals surface area (Å²) in [7, 11) is 0. The fraction of sp³-hybridized carbons (Fsp3) is 0.933. The van der Waals surface area contributed by atoms with Crippen molar-refractivity contribution in [1.29, 1.82) is 0 Å². The lowest BCUT2D eigenvalue weighted by molar-refractivity contribution is -0.163. The number of ketones is 1. The van der Waals surface area contributed by atoms with Crippen LogP contribution in [0.5, 0.6) is 0 Å². The van der Waals surface area contributed by atoms with Gasteiger partial charge in [-0.3, -0.25) is 4.79 Å². The highest BCUT2D eigenvalue weighted by Gasteiger charge is 2.48. The molecule has 2 aliphatic carbocycles. The molecule has 0 radical (unpaired) electrons. The highest BCUT2D eigenvalue weighted by molar-refractivity contribution is 5.79. The number of hydrogen-bond donors (Lipinski definition) is 0. The second kappa shape index (κ2) is 4.38. The number of ether oxygens (including phenoxy) is 1. The van der Waals surface area contributed by atoms with Gasteiger partial charge in [-0.2, -0.15) is 0 Å². The second-order valence-corrected chi connectivity index (χ2v) is 7.10. The molecule has 0 N–H and O–H groups in total. The molecule has 3 atom stereocenters. The van der Waals surface area contributed by atoms with Crippen LogP contribution in [0.4, 0.5) is 0 Å². The summed E-state index contributed by atoms with van der Waals surface area (Å²) in [6.07, 6.45) is 6.52. The fourth-order valence-electron chi connectivity index (χ4n) is 3.58. The van der Waals surface area contributed by atoms with Crippen LogP contribution < -0.4 is 0 Å². The summed E-state index contributed by atoms with van der Waals surface area (Å²) in [6.45, 7) is 8.75. The summed E-state index contributed by atoms with van der Waals surface area (Å²) < 4.78 is 6.28. The molecule has 0 aromatic rings. The lowest BCUT2D eigenvalue weighted by atomic mass is 9.58. The molecule has 2 fully saturated rings. The van der Waals surface area contributed by atoms with Gasteiger partial charge in [-0.15, -0.1) is 0 Å². The summed E-state index contributed by atoms with van der Waals surface area (Å²) in [5, 5.41) is 0. The van der Waals surface area contributed by atoms with Crippen molar-refractivity contribution >= 4 is 5.78 Å². The minimum atomic E-state index is -0.0724. The zero-order valence-electron chi connectivity index (χ0n) is 11.7. The van der Waals surface area contributed by atoms with Gasteiger partial charge in [-0.05, 0) is 51.4 Å². The van der Waals surface area contributed by atoms with Gasteiger partial charge in [0.1, 0.15) is 5.78 Å². The van der Waals surface area contributed by atoms with Crippen molar-refractivity contribution in [3.8, 4) is 0 Å². The van der Waals surface area contributed by atoms with Crippen LogP contribution in [0.2, 0.25) is 0 Å². The van der Waals surface area contributed by atoms with E-state index in [1.54, 1.807) is 0 Å². The van der Waals surface area contributed by atoms with E-state index >= 15 is 0 Å². The topological polar surface area (TPSA) is 26.3 Å². The molecule has 0 heterocycles. The summed E-state index contributed by atoms with van der Waals surface area (Å²) >= 11 is 0. The van der Waals surface area contributed by atoms with Crippen LogP contribution >= 0.6 is 0 Å². The first-order valence-corrected chi connectivity index (χ1v) is 7.01. The SMILES string of the molecule is CC(C)(C)O[C@H]1CCC[C@H]2CC(=O)CC[C@@]21C. The van der Waals surface area contributed by atoms with E-state index in [0.29, 0.717) is 17.8 Å². The number of hydrogen-bond acceptors (Lipinski definition) is 2. The Morgan fingerprint density at radius 1 is 1.29 bits per heavy atom.